The lowest BCUT2D eigenvalue weighted by atomic mass is 9.73. The van der Waals surface area contributed by atoms with Gasteiger partial charge in [0.1, 0.15) is 16.7 Å². The van der Waals surface area contributed by atoms with Crippen LogP contribution in [0.5, 0.6) is 0 Å². The van der Waals surface area contributed by atoms with Crippen LogP contribution in [0, 0.1) is 5.41 Å². The van der Waals surface area contributed by atoms with Gasteiger partial charge in [0, 0.05) is 35.6 Å². The predicted molar refractivity (Wildman–Crippen MR) is 111 cm³/mol. The zero-order valence-electron chi connectivity index (χ0n) is 15.6. The summed E-state index contributed by atoms with van der Waals surface area (Å²) in [5, 5.41) is 0.980. The van der Waals surface area contributed by atoms with Gasteiger partial charge in [-0.25, -0.2) is 15.0 Å². The van der Waals surface area contributed by atoms with Crippen LogP contribution in [-0.4, -0.2) is 46.8 Å². The van der Waals surface area contributed by atoms with Crippen molar-refractivity contribution >= 4 is 40.8 Å². The van der Waals surface area contributed by atoms with Gasteiger partial charge in [-0.05, 0) is 25.8 Å². The summed E-state index contributed by atoms with van der Waals surface area (Å²) >= 11 is 7.53. The molecule has 0 bridgehead atoms. The third-order valence-corrected chi connectivity index (χ3v) is 7.35. The second-order valence-electron chi connectivity index (χ2n) is 7.42. The average Bonchev–Trinajstić information content (AvgIpc) is 2.96. The van der Waals surface area contributed by atoms with Gasteiger partial charge in [-0.2, -0.15) is 0 Å². The van der Waals surface area contributed by atoms with Crippen molar-refractivity contribution in [3.63, 3.8) is 0 Å². The molecule has 2 aromatic heterocycles. The first-order chi connectivity index (χ1) is 13.4. The lowest BCUT2D eigenvalue weighted by Gasteiger charge is -2.41. The monoisotopic (exact) mass is 421 g/mol. The Labute approximate surface area is 173 Å². The molecule has 6 N–H and O–H groups in total. The van der Waals surface area contributed by atoms with E-state index in [1.165, 1.54) is 11.8 Å². The second kappa shape index (κ2) is 7.55. The minimum Gasteiger partial charge on any atom is -0.382 e. The largest absolute Gasteiger partial charge is 0.382 e. The molecule has 0 saturated carbocycles. The van der Waals surface area contributed by atoms with E-state index in [-0.39, 0.29) is 23.4 Å². The highest BCUT2D eigenvalue weighted by molar-refractivity contribution is 7.99. The third-order valence-electron chi connectivity index (χ3n) is 5.77. The number of halogens is 1. The fourth-order valence-corrected chi connectivity index (χ4v) is 4.91. The highest BCUT2D eigenvalue weighted by atomic mass is 35.5. The van der Waals surface area contributed by atoms with Crippen LogP contribution in [0.4, 0.5) is 17.5 Å². The Hall–Kier alpha value is -1.81. The van der Waals surface area contributed by atoms with Crippen LogP contribution in [0.15, 0.2) is 28.4 Å². The SMILES string of the molecule is C[C@H]1OCC2(CCN(c3cnc(Sc4ccnc(N)c4Cl)c(N)n3)CC2)[C@@H]1N. The molecule has 10 heteroatoms. The first kappa shape index (κ1) is 19.5. The van der Waals surface area contributed by atoms with Gasteiger partial charge in [0.15, 0.2) is 5.82 Å². The van der Waals surface area contributed by atoms with Gasteiger partial charge in [0.25, 0.3) is 0 Å². The Morgan fingerprint density at radius 3 is 2.64 bits per heavy atom. The summed E-state index contributed by atoms with van der Waals surface area (Å²) in [6.07, 6.45) is 5.42. The van der Waals surface area contributed by atoms with E-state index in [0.29, 0.717) is 15.9 Å². The van der Waals surface area contributed by atoms with Crippen LogP contribution >= 0.6 is 23.4 Å². The van der Waals surface area contributed by atoms with Crippen molar-refractivity contribution < 1.29 is 4.74 Å². The van der Waals surface area contributed by atoms with Crippen LogP contribution < -0.4 is 22.1 Å². The number of anilines is 3. The number of piperidine rings is 1. The molecule has 4 heterocycles. The number of hydrogen-bond donors (Lipinski definition) is 3. The maximum atomic E-state index is 6.39. The van der Waals surface area contributed by atoms with Crippen molar-refractivity contribution in [2.45, 2.75) is 41.8 Å². The summed E-state index contributed by atoms with van der Waals surface area (Å²) in [5.41, 5.74) is 18.4. The molecule has 2 atom stereocenters. The maximum Gasteiger partial charge on any atom is 0.158 e. The minimum atomic E-state index is 0.0721. The van der Waals surface area contributed by atoms with Crippen molar-refractivity contribution in [2.24, 2.45) is 11.1 Å². The average molecular weight is 422 g/mol. The molecule has 150 valence electrons. The van der Waals surface area contributed by atoms with Gasteiger partial charge < -0.3 is 26.8 Å². The molecule has 2 aromatic rings. The molecule has 0 radical (unpaired) electrons. The van der Waals surface area contributed by atoms with Crippen LogP contribution in [0.2, 0.25) is 5.02 Å². The van der Waals surface area contributed by atoms with Crippen molar-refractivity contribution in [2.75, 3.05) is 36.1 Å². The van der Waals surface area contributed by atoms with E-state index < -0.39 is 0 Å². The topological polar surface area (TPSA) is 129 Å². The Bertz CT molecular complexity index is 875. The molecule has 4 rings (SSSR count). The van der Waals surface area contributed by atoms with E-state index in [9.17, 15) is 0 Å². The summed E-state index contributed by atoms with van der Waals surface area (Å²) in [6.45, 7) is 4.51. The standard InChI is InChI=1S/C18H24ClN7OS/c1-10-14(20)18(9-27-10)3-6-26(7-4-18)12-8-24-17(16(22)25-12)28-11-2-5-23-15(21)13(11)19/h2,5,8,10,14H,3-4,6-7,9,20H2,1H3,(H2,21,23)(H2,22,25)/t10-,14-/m1/s1. The molecule has 0 aliphatic carbocycles. The van der Waals surface area contributed by atoms with E-state index in [1.807, 2.05) is 0 Å². The summed E-state index contributed by atoms with van der Waals surface area (Å²) in [7, 11) is 0. The smallest absolute Gasteiger partial charge is 0.158 e. The molecule has 2 aliphatic heterocycles. The molecule has 28 heavy (non-hydrogen) atoms. The van der Waals surface area contributed by atoms with Crippen LogP contribution in [0.3, 0.4) is 0 Å². The molecule has 2 aliphatic rings. The number of ether oxygens (including phenoxy) is 1. The lowest BCUT2D eigenvalue weighted by molar-refractivity contribution is 0.0974. The maximum absolute atomic E-state index is 6.39. The van der Waals surface area contributed by atoms with Crippen molar-refractivity contribution in [1.29, 1.82) is 0 Å². The van der Waals surface area contributed by atoms with Crippen molar-refractivity contribution in [1.82, 2.24) is 15.0 Å². The van der Waals surface area contributed by atoms with Crippen LogP contribution in [0.25, 0.3) is 0 Å². The fourth-order valence-electron chi connectivity index (χ4n) is 3.89. The molecule has 0 amide bonds. The molecule has 2 fully saturated rings. The highest BCUT2D eigenvalue weighted by Crippen LogP contribution is 2.42. The molecule has 8 nitrogen and oxygen atoms in total. The summed E-state index contributed by atoms with van der Waals surface area (Å²) in [5.74, 6) is 1.42. The first-order valence-corrected chi connectivity index (χ1v) is 10.4. The molecular weight excluding hydrogens is 398 g/mol. The van der Waals surface area contributed by atoms with E-state index in [2.05, 4.69) is 26.8 Å². The van der Waals surface area contributed by atoms with Gasteiger partial charge in [0.05, 0.1) is 23.9 Å². The van der Waals surface area contributed by atoms with E-state index >= 15 is 0 Å². The van der Waals surface area contributed by atoms with Crippen molar-refractivity contribution in [3.8, 4) is 0 Å². The summed E-state index contributed by atoms with van der Waals surface area (Å²) in [4.78, 5) is 16.0. The zero-order valence-corrected chi connectivity index (χ0v) is 17.2. The second-order valence-corrected chi connectivity index (χ2v) is 8.83. The number of rotatable bonds is 3. The third kappa shape index (κ3) is 3.47. The Morgan fingerprint density at radius 1 is 1.25 bits per heavy atom. The van der Waals surface area contributed by atoms with Gasteiger partial charge in [0.2, 0.25) is 0 Å². The molecule has 2 saturated heterocycles. The van der Waals surface area contributed by atoms with Gasteiger partial charge in [-0.15, -0.1) is 0 Å². The first-order valence-electron chi connectivity index (χ1n) is 9.22. The number of nitrogen functional groups attached to an aromatic ring is 2. The number of aromatic nitrogens is 3. The van der Waals surface area contributed by atoms with Gasteiger partial charge in [-0.3, -0.25) is 0 Å². The van der Waals surface area contributed by atoms with E-state index in [4.69, 9.17) is 33.5 Å². The zero-order chi connectivity index (χ0) is 19.9. The van der Waals surface area contributed by atoms with E-state index in [1.54, 1.807) is 18.5 Å². The lowest BCUT2D eigenvalue weighted by Crippen LogP contribution is -2.50. The summed E-state index contributed by atoms with van der Waals surface area (Å²) in [6, 6.07) is 1.86. The fraction of sp³-hybridized carbons (Fsp3) is 0.500. The Morgan fingerprint density at radius 2 is 2.00 bits per heavy atom. The highest BCUT2D eigenvalue weighted by Gasteiger charge is 2.47. The van der Waals surface area contributed by atoms with E-state index in [0.717, 1.165) is 43.3 Å². The minimum absolute atomic E-state index is 0.0721. The summed E-state index contributed by atoms with van der Waals surface area (Å²) < 4.78 is 5.79. The molecule has 0 aromatic carbocycles. The number of nitrogens with zero attached hydrogens (tertiary/aromatic N) is 4. The van der Waals surface area contributed by atoms with Crippen LogP contribution in [0.1, 0.15) is 19.8 Å². The predicted octanol–water partition coefficient (Wildman–Crippen LogP) is 2.17. The van der Waals surface area contributed by atoms with Crippen molar-refractivity contribution in [3.05, 3.63) is 23.5 Å². The Kier molecular flexibility index (Phi) is 5.26. The van der Waals surface area contributed by atoms with Gasteiger partial charge in [-0.1, -0.05) is 23.4 Å². The molecule has 0 unspecified atom stereocenters. The molecule has 1 spiro atoms. The number of hydrogen-bond acceptors (Lipinski definition) is 9. The van der Waals surface area contributed by atoms with Gasteiger partial charge >= 0.3 is 0 Å². The molecular formula is C18H24ClN7OS. The number of pyridine rings is 1. The Balaban J connectivity index is 1.46. The number of nitrogens with two attached hydrogens (primary N) is 3. The quantitative estimate of drug-likeness (QED) is 0.682. The normalized spacial score (nSPS) is 24.0. The van der Waals surface area contributed by atoms with Crippen LogP contribution in [-0.2, 0) is 4.74 Å².